The van der Waals surface area contributed by atoms with Crippen LogP contribution < -0.4 is 5.32 Å². The van der Waals surface area contributed by atoms with E-state index in [2.05, 4.69) is 21.4 Å². The van der Waals surface area contributed by atoms with Gasteiger partial charge in [-0.2, -0.15) is 10.4 Å². The van der Waals surface area contributed by atoms with E-state index in [9.17, 15) is 10.1 Å². The Bertz CT molecular complexity index is 560. The van der Waals surface area contributed by atoms with Crippen molar-refractivity contribution < 1.29 is 9.53 Å². The van der Waals surface area contributed by atoms with Crippen LogP contribution in [0.1, 0.15) is 25.7 Å². The van der Waals surface area contributed by atoms with Gasteiger partial charge in [0.15, 0.2) is 0 Å². The van der Waals surface area contributed by atoms with Crippen molar-refractivity contribution in [3.8, 4) is 6.07 Å². The summed E-state index contributed by atoms with van der Waals surface area (Å²) in [6, 6.07) is 4.18. The number of carbonyl (C=O) groups excluding carboxylic acids is 1. The van der Waals surface area contributed by atoms with Gasteiger partial charge < -0.3 is 10.1 Å². The molecule has 23 heavy (non-hydrogen) atoms. The molecule has 2 aliphatic rings. The highest BCUT2D eigenvalue weighted by molar-refractivity contribution is 5.79. The number of aromatic nitrogens is 2. The maximum atomic E-state index is 12.3. The van der Waals surface area contributed by atoms with Crippen molar-refractivity contribution in [2.45, 2.75) is 43.9 Å². The van der Waals surface area contributed by atoms with Crippen LogP contribution in [0.2, 0.25) is 0 Å². The number of nitrogens with zero attached hydrogens (tertiary/aromatic N) is 4. The summed E-state index contributed by atoms with van der Waals surface area (Å²) in [5.74, 6) is -0.0619. The Morgan fingerprint density at radius 2 is 2.30 bits per heavy atom. The summed E-state index contributed by atoms with van der Waals surface area (Å²) in [5.41, 5.74) is -0.641. The molecule has 1 saturated heterocycles. The minimum absolute atomic E-state index is 0.0351. The molecule has 1 aliphatic heterocycles. The molecule has 2 heterocycles. The van der Waals surface area contributed by atoms with Gasteiger partial charge in [0.1, 0.15) is 5.54 Å². The minimum Gasteiger partial charge on any atom is -0.374 e. The lowest BCUT2D eigenvalue weighted by molar-refractivity contribution is -0.125. The van der Waals surface area contributed by atoms with E-state index in [0.717, 1.165) is 32.2 Å². The highest BCUT2D eigenvalue weighted by atomic mass is 16.5. The van der Waals surface area contributed by atoms with Crippen molar-refractivity contribution >= 4 is 5.91 Å². The number of amides is 1. The fourth-order valence-electron chi connectivity index (χ4n) is 3.40. The summed E-state index contributed by atoms with van der Waals surface area (Å²) >= 11 is 0. The summed E-state index contributed by atoms with van der Waals surface area (Å²) < 4.78 is 7.60. The summed E-state index contributed by atoms with van der Waals surface area (Å²) in [5, 5.41) is 16.5. The first-order chi connectivity index (χ1) is 11.2. The Labute approximate surface area is 136 Å². The van der Waals surface area contributed by atoms with E-state index < -0.39 is 5.54 Å². The van der Waals surface area contributed by atoms with E-state index in [1.54, 1.807) is 6.20 Å². The van der Waals surface area contributed by atoms with E-state index >= 15 is 0 Å². The smallest absolute Gasteiger partial charge is 0.235 e. The number of morpholine rings is 1. The van der Waals surface area contributed by atoms with Crippen LogP contribution in [0.25, 0.3) is 0 Å². The zero-order chi connectivity index (χ0) is 16.1. The van der Waals surface area contributed by atoms with Crippen molar-refractivity contribution in [3.05, 3.63) is 18.5 Å². The fraction of sp³-hybridized carbons (Fsp3) is 0.688. The number of carbonyl (C=O) groups is 1. The van der Waals surface area contributed by atoms with Gasteiger partial charge in [0, 0.05) is 25.5 Å². The molecule has 0 aromatic carbocycles. The predicted octanol–water partition coefficient (Wildman–Crippen LogP) is 0.536. The van der Waals surface area contributed by atoms with Crippen molar-refractivity contribution in [1.29, 1.82) is 5.26 Å². The molecule has 124 valence electrons. The average molecular weight is 317 g/mol. The molecule has 0 bridgehead atoms. The van der Waals surface area contributed by atoms with E-state index in [1.807, 2.05) is 16.9 Å². The van der Waals surface area contributed by atoms with Gasteiger partial charge in [-0.15, -0.1) is 0 Å². The van der Waals surface area contributed by atoms with Crippen molar-refractivity contribution in [2.24, 2.45) is 0 Å². The maximum Gasteiger partial charge on any atom is 0.235 e. The highest BCUT2D eigenvalue weighted by Crippen LogP contribution is 2.28. The minimum atomic E-state index is -0.641. The SMILES string of the molecule is N#CC1(NC(=O)CN2CCO[C@@H](Cn3cccn3)C2)CCCC1. The molecule has 2 fully saturated rings. The van der Waals surface area contributed by atoms with Crippen LogP contribution in [0, 0.1) is 11.3 Å². The zero-order valence-electron chi connectivity index (χ0n) is 13.3. The van der Waals surface area contributed by atoms with Gasteiger partial charge in [-0.05, 0) is 31.7 Å². The van der Waals surface area contributed by atoms with Crippen LogP contribution in [-0.4, -0.2) is 58.5 Å². The third kappa shape index (κ3) is 4.09. The third-order valence-electron chi connectivity index (χ3n) is 4.59. The molecule has 1 aromatic rings. The van der Waals surface area contributed by atoms with Gasteiger partial charge in [-0.3, -0.25) is 14.4 Å². The number of rotatable bonds is 5. The van der Waals surface area contributed by atoms with Crippen LogP contribution in [0.3, 0.4) is 0 Å². The number of hydrogen-bond donors (Lipinski definition) is 1. The van der Waals surface area contributed by atoms with Crippen molar-refractivity contribution in [2.75, 3.05) is 26.2 Å². The van der Waals surface area contributed by atoms with Gasteiger partial charge in [-0.1, -0.05) is 0 Å². The van der Waals surface area contributed by atoms with Crippen LogP contribution >= 0.6 is 0 Å². The number of ether oxygens (including phenoxy) is 1. The largest absolute Gasteiger partial charge is 0.374 e. The molecule has 1 atom stereocenters. The second-order valence-electron chi connectivity index (χ2n) is 6.41. The van der Waals surface area contributed by atoms with Gasteiger partial charge >= 0.3 is 0 Å². The number of nitrogens with one attached hydrogen (secondary N) is 1. The lowest BCUT2D eigenvalue weighted by atomic mass is 10.00. The van der Waals surface area contributed by atoms with Crippen LogP contribution in [0.15, 0.2) is 18.5 Å². The molecular weight excluding hydrogens is 294 g/mol. The summed E-state index contributed by atoms with van der Waals surface area (Å²) in [6.45, 7) is 3.06. The lowest BCUT2D eigenvalue weighted by Crippen LogP contribution is -2.52. The van der Waals surface area contributed by atoms with E-state index in [1.165, 1.54) is 0 Å². The molecule has 1 aromatic heterocycles. The highest BCUT2D eigenvalue weighted by Gasteiger charge is 2.35. The molecule has 0 radical (unpaired) electrons. The quantitative estimate of drug-likeness (QED) is 0.857. The molecule has 7 nitrogen and oxygen atoms in total. The first-order valence-corrected chi connectivity index (χ1v) is 8.23. The molecule has 1 N–H and O–H groups in total. The van der Waals surface area contributed by atoms with Crippen LogP contribution in [0.4, 0.5) is 0 Å². The predicted molar refractivity (Wildman–Crippen MR) is 83.4 cm³/mol. The third-order valence-corrected chi connectivity index (χ3v) is 4.59. The molecule has 1 saturated carbocycles. The van der Waals surface area contributed by atoms with Crippen molar-refractivity contribution in [3.63, 3.8) is 0 Å². The van der Waals surface area contributed by atoms with Crippen LogP contribution in [-0.2, 0) is 16.1 Å². The van der Waals surface area contributed by atoms with E-state index in [4.69, 9.17) is 4.74 Å². The fourth-order valence-corrected chi connectivity index (χ4v) is 3.40. The molecular formula is C16H23N5O2. The second-order valence-corrected chi connectivity index (χ2v) is 6.41. The average Bonchev–Trinajstić information content (AvgIpc) is 3.20. The topological polar surface area (TPSA) is 83.2 Å². The van der Waals surface area contributed by atoms with Gasteiger partial charge in [0.05, 0.1) is 31.9 Å². The molecule has 1 aliphatic carbocycles. The lowest BCUT2D eigenvalue weighted by Gasteiger charge is -2.33. The summed E-state index contributed by atoms with van der Waals surface area (Å²) in [7, 11) is 0. The van der Waals surface area contributed by atoms with E-state index in [0.29, 0.717) is 26.2 Å². The number of hydrogen-bond acceptors (Lipinski definition) is 5. The first-order valence-electron chi connectivity index (χ1n) is 8.23. The normalized spacial score (nSPS) is 24.2. The maximum absolute atomic E-state index is 12.3. The van der Waals surface area contributed by atoms with E-state index in [-0.39, 0.29) is 12.0 Å². The Morgan fingerprint density at radius 3 is 3.00 bits per heavy atom. The molecule has 7 heteroatoms. The van der Waals surface area contributed by atoms with Crippen LogP contribution in [0.5, 0.6) is 0 Å². The summed E-state index contributed by atoms with van der Waals surface area (Å²) in [6.07, 6.45) is 7.24. The Morgan fingerprint density at radius 1 is 1.48 bits per heavy atom. The first kappa shape index (κ1) is 16.0. The molecule has 0 spiro atoms. The number of nitriles is 1. The summed E-state index contributed by atoms with van der Waals surface area (Å²) in [4.78, 5) is 14.4. The Kier molecular flexibility index (Phi) is 4.94. The molecule has 0 unspecified atom stereocenters. The van der Waals surface area contributed by atoms with Gasteiger partial charge in [0.2, 0.25) is 5.91 Å². The monoisotopic (exact) mass is 317 g/mol. The Balaban J connectivity index is 1.49. The standard InChI is InChI=1S/C16H23N5O2/c17-13-16(4-1-2-5-16)19-15(22)12-20-8-9-23-14(10-20)11-21-7-3-6-18-21/h3,6-7,14H,1-2,4-5,8-12H2,(H,19,22)/t14-/m1/s1. The van der Waals surface area contributed by atoms with Gasteiger partial charge in [-0.25, -0.2) is 0 Å². The zero-order valence-corrected chi connectivity index (χ0v) is 13.3. The van der Waals surface area contributed by atoms with Gasteiger partial charge in [0.25, 0.3) is 0 Å². The molecule has 3 rings (SSSR count). The molecule has 1 amide bonds. The Hall–Kier alpha value is -1.91. The second kappa shape index (κ2) is 7.11. The van der Waals surface area contributed by atoms with Crippen molar-refractivity contribution in [1.82, 2.24) is 20.0 Å².